The summed E-state index contributed by atoms with van der Waals surface area (Å²) in [6.07, 6.45) is 4.22. The van der Waals surface area contributed by atoms with Crippen LogP contribution in [0.2, 0.25) is 0 Å². The number of rotatable bonds is 4. The fraction of sp³-hybridized carbons (Fsp3) is 0.833. The Hall–Kier alpha value is -1.06. The van der Waals surface area contributed by atoms with Crippen LogP contribution < -0.4 is 5.32 Å². The lowest BCUT2D eigenvalue weighted by atomic mass is 9.84. The molecule has 16 heavy (non-hydrogen) atoms. The molecule has 0 aromatic rings. The molecule has 0 spiro atoms. The molecule has 0 aromatic heterocycles. The molecule has 1 fully saturated rings. The van der Waals surface area contributed by atoms with Crippen LogP contribution in [-0.2, 0) is 9.59 Å². The minimum atomic E-state index is -0.783. The quantitative estimate of drug-likeness (QED) is 0.769. The van der Waals surface area contributed by atoms with Crippen molar-refractivity contribution in [2.45, 2.75) is 52.0 Å². The zero-order valence-electron chi connectivity index (χ0n) is 10.0. The van der Waals surface area contributed by atoms with Gasteiger partial charge in [0.2, 0.25) is 5.91 Å². The van der Waals surface area contributed by atoms with Crippen molar-refractivity contribution in [2.75, 3.05) is 0 Å². The third kappa shape index (κ3) is 3.22. The highest BCUT2D eigenvalue weighted by atomic mass is 16.4. The number of aliphatic carboxylic acids is 1. The van der Waals surface area contributed by atoms with Gasteiger partial charge in [-0.3, -0.25) is 9.59 Å². The van der Waals surface area contributed by atoms with E-state index in [0.29, 0.717) is 6.42 Å². The average Bonchev–Trinajstić information content (AvgIpc) is 2.28. The highest BCUT2D eigenvalue weighted by Crippen LogP contribution is 2.25. The van der Waals surface area contributed by atoms with E-state index in [2.05, 4.69) is 5.32 Å². The molecular formula is C12H21NO3. The molecule has 92 valence electrons. The Balaban J connectivity index is 2.56. The molecule has 3 unspecified atom stereocenters. The molecule has 2 N–H and O–H groups in total. The molecule has 0 radical (unpaired) electrons. The van der Waals surface area contributed by atoms with Crippen LogP contribution in [0, 0.1) is 11.8 Å². The smallest absolute Gasteiger partial charge is 0.308 e. The molecule has 1 amide bonds. The van der Waals surface area contributed by atoms with Gasteiger partial charge in [0.25, 0.3) is 0 Å². The molecule has 1 aliphatic rings. The van der Waals surface area contributed by atoms with Gasteiger partial charge in [-0.05, 0) is 19.3 Å². The largest absolute Gasteiger partial charge is 0.481 e. The van der Waals surface area contributed by atoms with E-state index in [9.17, 15) is 9.59 Å². The molecular weight excluding hydrogens is 206 g/mol. The van der Waals surface area contributed by atoms with E-state index in [4.69, 9.17) is 5.11 Å². The van der Waals surface area contributed by atoms with Crippen molar-refractivity contribution in [2.24, 2.45) is 11.8 Å². The van der Waals surface area contributed by atoms with Crippen LogP contribution in [0.1, 0.15) is 46.0 Å². The summed E-state index contributed by atoms with van der Waals surface area (Å²) in [4.78, 5) is 22.7. The summed E-state index contributed by atoms with van der Waals surface area (Å²) in [5, 5.41) is 11.9. The molecule has 4 nitrogen and oxygen atoms in total. The molecule has 0 saturated heterocycles. The van der Waals surface area contributed by atoms with Crippen LogP contribution in [0.5, 0.6) is 0 Å². The molecule has 0 heterocycles. The first-order valence-corrected chi connectivity index (χ1v) is 6.09. The summed E-state index contributed by atoms with van der Waals surface area (Å²) >= 11 is 0. The first kappa shape index (κ1) is 13.0. The molecule has 1 aliphatic carbocycles. The van der Waals surface area contributed by atoms with E-state index in [1.165, 1.54) is 0 Å². The Morgan fingerprint density at radius 3 is 2.56 bits per heavy atom. The predicted octanol–water partition coefficient (Wildman–Crippen LogP) is 1.79. The SMILES string of the molecule is CCC(C)C(=O)NC1CCCCC1C(=O)O. The van der Waals surface area contributed by atoms with Crippen molar-refractivity contribution in [3.05, 3.63) is 0 Å². The van der Waals surface area contributed by atoms with Gasteiger partial charge >= 0.3 is 5.97 Å². The monoisotopic (exact) mass is 227 g/mol. The van der Waals surface area contributed by atoms with Crippen LogP contribution in [0.25, 0.3) is 0 Å². The molecule has 0 bridgehead atoms. The van der Waals surface area contributed by atoms with Gasteiger partial charge in [0.1, 0.15) is 0 Å². The van der Waals surface area contributed by atoms with E-state index < -0.39 is 11.9 Å². The fourth-order valence-corrected chi connectivity index (χ4v) is 2.11. The summed E-state index contributed by atoms with van der Waals surface area (Å²) in [6, 6.07) is -0.173. The molecule has 3 atom stereocenters. The number of hydrogen-bond acceptors (Lipinski definition) is 2. The number of amides is 1. The Morgan fingerprint density at radius 1 is 1.38 bits per heavy atom. The van der Waals surface area contributed by atoms with Crippen molar-refractivity contribution in [3.8, 4) is 0 Å². The topological polar surface area (TPSA) is 66.4 Å². The van der Waals surface area contributed by atoms with Crippen LogP contribution in [0.3, 0.4) is 0 Å². The maximum Gasteiger partial charge on any atom is 0.308 e. The number of carbonyl (C=O) groups is 2. The molecule has 1 saturated carbocycles. The Bertz CT molecular complexity index is 265. The van der Waals surface area contributed by atoms with Gasteiger partial charge in [-0.15, -0.1) is 0 Å². The van der Waals surface area contributed by atoms with Crippen LogP contribution >= 0.6 is 0 Å². The van der Waals surface area contributed by atoms with E-state index in [0.717, 1.165) is 25.7 Å². The number of hydrogen-bond donors (Lipinski definition) is 2. The van der Waals surface area contributed by atoms with Crippen LogP contribution in [-0.4, -0.2) is 23.0 Å². The van der Waals surface area contributed by atoms with Gasteiger partial charge in [0, 0.05) is 12.0 Å². The molecule has 4 heteroatoms. The molecule has 1 rings (SSSR count). The summed E-state index contributed by atoms with van der Waals surface area (Å²) in [5.41, 5.74) is 0. The van der Waals surface area contributed by atoms with Gasteiger partial charge in [-0.25, -0.2) is 0 Å². The first-order valence-electron chi connectivity index (χ1n) is 6.09. The van der Waals surface area contributed by atoms with E-state index in [1.807, 2.05) is 13.8 Å². The minimum absolute atomic E-state index is 0.0133. The zero-order valence-corrected chi connectivity index (χ0v) is 10.0. The van der Waals surface area contributed by atoms with Gasteiger partial charge in [0.05, 0.1) is 5.92 Å². The van der Waals surface area contributed by atoms with Crippen molar-refractivity contribution in [3.63, 3.8) is 0 Å². The van der Waals surface area contributed by atoms with Crippen LogP contribution in [0.4, 0.5) is 0 Å². The predicted molar refractivity (Wildman–Crippen MR) is 61.0 cm³/mol. The van der Waals surface area contributed by atoms with E-state index in [-0.39, 0.29) is 17.9 Å². The Kier molecular flexibility index (Phi) is 4.77. The van der Waals surface area contributed by atoms with Gasteiger partial charge in [0.15, 0.2) is 0 Å². The van der Waals surface area contributed by atoms with E-state index in [1.54, 1.807) is 0 Å². The average molecular weight is 227 g/mol. The third-order valence-corrected chi connectivity index (χ3v) is 3.47. The second-order valence-corrected chi connectivity index (χ2v) is 4.65. The second-order valence-electron chi connectivity index (χ2n) is 4.65. The zero-order chi connectivity index (χ0) is 12.1. The maximum atomic E-state index is 11.7. The highest BCUT2D eigenvalue weighted by molar-refractivity contribution is 5.80. The highest BCUT2D eigenvalue weighted by Gasteiger charge is 2.32. The number of carboxylic acids is 1. The first-order chi connectivity index (χ1) is 7.56. The summed E-state index contributed by atoms with van der Waals surface area (Å²) < 4.78 is 0. The van der Waals surface area contributed by atoms with Gasteiger partial charge < -0.3 is 10.4 Å². The van der Waals surface area contributed by atoms with Crippen molar-refractivity contribution >= 4 is 11.9 Å². The summed E-state index contributed by atoms with van der Waals surface area (Å²) in [7, 11) is 0. The molecule has 0 aromatic carbocycles. The number of carboxylic acid groups (broad SMARTS) is 1. The van der Waals surface area contributed by atoms with Crippen molar-refractivity contribution in [1.82, 2.24) is 5.32 Å². The van der Waals surface area contributed by atoms with Crippen molar-refractivity contribution in [1.29, 1.82) is 0 Å². The van der Waals surface area contributed by atoms with Crippen LogP contribution in [0.15, 0.2) is 0 Å². The normalized spacial score (nSPS) is 27.1. The second kappa shape index (κ2) is 5.87. The van der Waals surface area contributed by atoms with Gasteiger partial charge in [-0.1, -0.05) is 26.7 Å². The van der Waals surface area contributed by atoms with Crippen molar-refractivity contribution < 1.29 is 14.7 Å². The fourth-order valence-electron chi connectivity index (χ4n) is 2.11. The minimum Gasteiger partial charge on any atom is -0.481 e. The standard InChI is InChI=1S/C12H21NO3/c1-3-8(2)11(14)13-10-7-5-4-6-9(10)12(15)16/h8-10H,3-7H2,1-2H3,(H,13,14)(H,15,16). The third-order valence-electron chi connectivity index (χ3n) is 3.47. The maximum absolute atomic E-state index is 11.7. The van der Waals surface area contributed by atoms with Gasteiger partial charge in [-0.2, -0.15) is 0 Å². The Labute approximate surface area is 96.4 Å². The Morgan fingerprint density at radius 2 is 2.00 bits per heavy atom. The summed E-state index contributed by atoms with van der Waals surface area (Å²) in [6.45, 7) is 3.83. The van der Waals surface area contributed by atoms with E-state index >= 15 is 0 Å². The number of carbonyl (C=O) groups excluding carboxylic acids is 1. The lowest BCUT2D eigenvalue weighted by molar-refractivity contribution is -0.144. The lowest BCUT2D eigenvalue weighted by Gasteiger charge is -2.30. The molecule has 0 aliphatic heterocycles. The lowest BCUT2D eigenvalue weighted by Crippen LogP contribution is -2.46. The summed E-state index contributed by atoms with van der Waals surface area (Å²) in [5.74, 6) is -1.23. The number of nitrogens with one attached hydrogen (secondary N) is 1.